The first-order valence-electron chi connectivity index (χ1n) is 7.37. The Morgan fingerprint density at radius 3 is 2.57 bits per heavy atom. The number of nitrogens with one attached hydrogen (secondary N) is 1. The molecule has 0 spiro atoms. The van der Waals surface area contributed by atoms with Crippen LogP contribution in [0.5, 0.6) is 11.5 Å². The van der Waals surface area contributed by atoms with Gasteiger partial charge >= 0.3 is 0 Å². The van der Waals surface area contributed by atoms with E-state index in [4.69, 9.17) is 26.8 Å². The summed E-state index contributed by atoms with van der Waals surface area (Å²) in [6.07, 6.45) is 1.95. The van der Waals surface area contributed by atoms with E-state index >= 15 is 0 Å². The van der Waals surface area contributed by atoms with Crippen molar-refractivity contribution in [2.24, 2.45) is 5.73 Å². The summed E-state index contributed by atoms with van der Waals surface area (Å²) in [7, 11) is 1.52. The van der Waals surface area contributed by atoms with Crippen LogP contribution in [0.1, 0.15) is 44.0 Å². The van der Waals surface area contributed by atoms with E-state index in [1.807, 2.05) is 13.8 Å². The van der Waals surface area contributed by atoms with Crippen molar-refractivity contribution in [1.29, 1.82) is 0 Å². The molecule has 5 nitrogen and oxygen atoms in total. The van der Waals surface area contributed by atoms with Gasteiger partial charge in [-0.15, -0.1) is 12.4 Å². The Balaban J connectivity index is 0.00000484. The molecular formula is C16H26Cl2N2O3. The van der Waals surface area contributed by atoms with Gasteiger partial charge in [0.15, 0.2) is 11.5 Å². The van der Waals surface area contributed by atoms with Crippen LogP contribution < -0.4 is 20.5 Å². The van der Waals surface area contributed by atoms with Crippen molar-refractivity contribution in [2.75, 3.05) is 20.3 Å². The molecule has 1 aromatic carbocycles. The number of unbranched alkanes of at least 4 members (excludes halogenated alkanes) is 1. The third kappa shape index (κ3) is 6.45. The lowest BCUT2D eigenvalue weighted by Gasteiger charge is -2.24. The van der Waals surface area contributed by atoms with E-state index in [0.29, 0.717) is 35.2 Å². The second-order valence-corrected chi connectivity index (χ2v) is 6.14. The maximum absolute atomic E-state index is 12.3. The predicted molar refractivity (Wildman–Crippen MR) is 96.3 cm³/mol. The zero-order valence-corrected chi connectivity index (χ0v) is 15.6. The second kappa shape index (κ2) is 9.85. The van der Waals surface area contributed by atoms with E-state index in [0.717, 1.165) is 12.8 Å². The fraction of sp³-hybridized carbons (Fsp3) is 0.562. The summed E-state index contributed by atoms with van der Waals surface area (Å²) in [5, 5.41) is 3.21. The molecule has 3 N–H and O–H groups in total. The molecule has 0 unspecified atom stereocenters. The Morgan fingerprint density at radius 2 is 2.04 bits per heavy atom. The Hall–Kier alpha value is -1.17. The molecule has 0 aliphatic carbocycles. The molecule has 0 radical (unpaired) electrons. The van der Waals surface area contributed by atoms with E-state index in [1.165, 1.54) is 7.11 Å². The van der Waals surface area contributed by atoms with Gasteiger partial charge in [-0.2, -0.15) is 0 Å². The fourth-order valence-corrected chi connectivity index (χ4v) is 2.01. The minimum Gasteiger partial charge on any atom is -0.493 e. The summed E-state index contributed by atoms with van der Waals surface area (Å²) in [5.41, 5.74) is 5.54. The zero-order chi connectivity index (χ0) is 16.8. The van der Waals surface area contributed by atoms with Crippen molar-refractivity contribution in [3.8, 4) is 11.5 Å². The van der Waals surface area contributed by atoms with E-state index < -0.39 is 5.54 Å². The Labute approximate surface area is 149 Å². The van der Waals surface area contributed by atoms with E-state index in [1.54, 1.807) is 12.1 Å². The highest BCUT2D eigenvalue weighted by Crippen LogP contribution is 2.36. The van der Waals surface area contributed by atoms with Gasteiger partial charge in [0.25, 0.3) is 5.91 Å². The monoisotopic (exact) mass is 364 g/mol. The van der Waals surface area contributed by atoms with Gasteiger partial charge < -0.3 is 20.5 Å². The largest absolute Gasteiger partial charge is 0.493 e. The van der Waals surface area contributed by atoms with Crippen molar-refractivity contribution in [3.05, 3.63) is 22.7 Å². The summed E-state index contributed by atoms with van der Waals surface area (Å²) in [6.45, 7) is 6.67. The van der Waals surface area contributed by atoms with Crippen LogP contribution in [0.2, 0.25) is 5.02 Å². The molecule has 0 saturated carbocycles. The number of hydrogen-bond donors (Lipinski definition) is 2. The molecule has 0 saturated heterocycles. The molecule has 1 amide bonds. The van der Waals surface area contributed by atoms with Crippen molar-refractivity contribution >= 4 is 29.9 Å². The van der Waals surface area contributed by atoms with Crippen molar-refractivity contribution in [2.45, 2.75) is 39.2 Å². The number of amides is 1. The molecule has 0 aliphatic heterocycles. The fourth-order valence-electron chi connectivity index (χ4n) is 1.74. The van der Waals surface area contributed by atoms with Crippen LogP contribution in [-0.4, -0.2) is 31.7 Å². The lowest BCUT2D eigenvalue weighted by molar-refractivity contribution is 0.0915. The molecule has 0 aromatic heterocycles. The van der Waals surface area contributed by atoms with Crippen LogP contribution >= 0.6 is 24.0 Å². The van der Waals surface area contributed by atoms with Gasteiger partial charge in [0.05, 0.1) is 18.7 Å². The number of benzene rings is 1. The van der Waals surface area contributed by atoms with E-state index in [2.05, 4.69) is 12.2 Å². The minimum absolute atomic E-state index is 0. The molecule has 0 fully saturated rings. The van der Waals surface area contributed by atoms with E-state index in [9.17, 15) is 4.79 Å². The van der Waals surface area contributed by atoms with Crippen LogP contribution in [0, 0.1) is 0 Å². The van der Waals surface area contributed by atoms with Gasteiger partial charge in [0.1, 0.15) is 0 Å². The Morgan fingerprint density at radius 1 is 1.39 bits per heavy atom. The molecule has 0 bridgehead atoms. The summed E-state index contributed by atoms with van der Waals surface area (Å²) < 4.78 is 10.9. The van der Waals surface area contributed by atoms with Crippen molar-refractivity contribution < 1.29 is 14.3 Å². The van der Waals surface area contributed by atoms with Gasteiger partial charge in [-0.05, 0) is 32.4 Å². The van der Waals surface area contributed by atoms with Crippen LogP contribution in [0.25, 0.3) is 0 Å². The standard InChI is InChI=1S/C16H25ClN2O3.ClH/c1-5-6-7-22-14-12(17)8-11(9-13(14)21-4)15(20)19-16(2,3)10-18;/h8-9H,5-7,10,18H2,1-4H3,(H,19,20);1H. The molecule has 23 heavy (non-hydrogen) atoms. The van der Waals surface area contributed by atoms with Gasteiger partial charge in [-0.3, -0.25) is 4.79 Å². The minimum atomic E-state index is -0.493. The average Bonchev–Trinajstić information content (AvgIpc) is 2.48. The molecule has 0 aliphatic rings. The normalized spacial score (nSPS) is 10.7. The van der Waals surface area contributed by atoms with Crippen LogP contribution in [0.15, 0.2) is 12.1 Å². The number of carbonyl (C=O) groups excluding carboxylic acids is 1. The SMILES string of the molecule is CCCCOc1c(Cl)cc(C(=O)NC(C)(C)CN)cc1OC.Cl. The molecular weight excluding hydrogens is 339 g/mol. The molecule has 132 valence electrons. The first-order chi connectivity index (χ1) is 10.3. The van der Waals surface area contributed by atoms with Crippen LogP contribution in [-0.2, 0) is 0 Å². The molecule has 0 heterocycles. The third-order valence-electron chi connectivity index (χ3n) is 3.20. The van der Waals surface area contributed by atoms with E-state index in [-0.39, 0.29) is 18.3 Å². The van der Waals surface area contributed by atoms with Gasteiger partial charge in [0.2, 0.25) is 0 Å². The maximum Gasteiger partial charge on any atom is 0.251 e. The van der Waals surface area contributed by atoms with Crippen molar-refractivity contribution in [3.63, 3.8) is 0 Å². The first kappa shape index (κ1) is 21.8. The van der Waals surface area contributed by atoms with Crippen molar-refractivity contribution in [1.82, 2.24) is 5.32 Å². The number of rotatable bonds is 8. The lowest BCUT2D eigenvalue weighted by Crippen LogP contribution is -2.48. The quantitative estimate of drug-likeness (QED) is 0.693. The molecule has 1 rings (SSSR count). The average molecular weight is 365 g/mol. The first-order valence-corrected chi connectivity index (χ1v) is 7.75. The van der Waals surface area contributed by atoms with Crippen LogP contribution in [0.3, 0.4) is 0 Å². The highest BCUT2D eigenvalue weighted by atomic mass is 35.5. The topological polar surface area (TPSA) is 73.6 Å². The Kier molecular flexibility index (Phi) is 9.35. The summed E-state index contributed by atoms with van der Waals surface area (Å²) in [4.78, 5) is 12.3. The number of halogens is 2. The smallest absolute Gasteiger partial charge is 0.251 e. The van der Waals surface area contributed by atoms with Gasteiger partial charge in [0, 0.05) is 17.6 Å². The van der Waals surface area contributed by atoms with Gasteiger partial charge in [-0.25, -0.2) is 0 Å². The van der Waals surface area contributed by atoms with Gasteiger partial charge in [-0.1, -0.05) is 24.9 Å². The lowest BCUT2D eigenvalue weighted by atomic mass is 10.0. The second-order valence-electron chi connectivity index (χ2n) is 5.73. The highest BCUT2D eigenvalue weighted by molar-refractivity contribution is 6.32. The predicted octanol–water partition coefficient (Wildman–Crippen LogP) is 3.42. The zero-order valence-electron chi connectivity index (χ0n) is 14.1. The number of hydrogen-bond acceptors (Lipinski definition) is 4. The number of ether oxygens (including phenoxy) is 2. The summed E-state index contributed by atoms with van der Waals surface area (Å²) in [5.74, 6) is 0.655. The highest BCUT2D eigenvalue weighted by Gasteiger charge is 2.21. The van der Waals surface area contributed by atoms with Crippen LogP contribution in [0.4, 0.5) is 0 Å². The number of methoxy groups -OCH3 is 1. The third-order valence-corrected chi connectivity index (χ3v) is 3.48. The molecule has 1 aromatic rings. The summed E-state index contributed by atoms with van der Waals surface area (Å²) in [6, 6.07) is 3.20. The molecule has 0 atom stereocenters. The molecule has 7 heteroatoms. The Bertz CT molecular complexity index is 522. The summed E-state index contributed by atoms with van der Waals surface area (Å²) >= 11 is 6.23. The maximum atomic E-state index is 12.3. The number of carbonyl (C=O) groups is 1. The number of nitrogens with two attached hydrogens (primary N) is 1.